The Kier molecular flexibility index (Phi) is 15.1. The number of aromatic nitrogens is 1. The third kappa shape index (κ3) is 12.0. The van der Waals surface area contributed by atoms with Crippen molar-refractivity contribution < 1.29 is 20.4 Å². The topological polar surface area (TPSA) is 93.8 Å². The number of aliphatic hydroxyl groups is 4. The van der Waals surface area contributed by atoms with Gasteiger partial charge in [0.2, 0.25) is 0 Å². The lowest BCUT2D eigenvalue weighted by Crippen LogP contribution is -2.39. The zero-order valence-corrected chi connectivity index (χ0v) is 37.4. The van der Waals surface area contributed by atoms with Crippen LogP contribution in [0.3, 0.4) is 0 Å². The van der Waals surface area contributed by atoms with Crippen molar-refractivity contribution in [3.63, 3.8) is 0 Å². The van der Waals surface area contributed by atoms with Gasteiger partial charge in [0.15, 0.2) is 0 Å². The van der Waals surface area contributed by atoms with Crippen LogP contribution < -0.4 is 0 Å². The standard InChI is InChI=1S/2C23H32O2.C6H7N/c2*1-16(24)23(25,19-12-8-17(9-13-19)21(2,3)4)20-14-10-18(11-15-20)22(5,6)7;1-6-3-2-4-7-5-6/h2*8-16,24-25H,1-7H3;2-5H,1H3/t2*16-;/m00./s1. The molecule has 5 aromatic rings. The fourth-order valence-corrected chi connectivity index (χ4v) is 6.64. The Morgan fingerprint density at radius 3 is 0.719 bits per heavy atom. The molecule has 0 aliphatic rings. The Morgan fingerprint density at radius 1 is 0.386 bits per heavy atom. The van der Waals surface area contributed by atoms with E-state index in [9.17, 15) is 20.4 Å². The summed E-state index contributed by atoms with van der Waals surface area (Å²) in [5.41, 5.74) is 6.20. The summed E-state index contributed by atoms with van der Waals surface area (Å²) >= 11 is 0. The molecular weight excluding hydrogens is 703 g/mol. The van der Waals surface area contributed by atoms with Gasteiger partial charge in [-0.3, -0.25) is 4.98 Å². The summed E-state index contributed by atoms with van der Waals surface area (Å²) in [6.45, 7) is 31.2. The van der Waals surface area contributed by atoms with Gasteiger partial charge < -0.3 is 20.4 Å². The number of pyridine rings is 1. The van der Waals surface area contributed by atoms with Crippen molar-refractivity contribution >= 4 is 0 Å². The molecule has 5 nitrogen and oxygen atoms in total. The van der Waals surface area contributed by atoms with Crippen LogP contribution >= 0.6 is 0 Å². The largest absolute Gasteiger partial charge is 0.390 e. The SMILES string of the molecule is C[C@H](O)C(O)(c1ccc(C(C)(C)C)cc1)c1ccc(C(C)(C)C)cc1.C[C@H](O)C(O)(c1ccc(C(C)(C)C)cc1)c1ccc(C(C)(C)C)cc1.Cc1cccnc1. The molecule has 4 N–H and O–H groups in total. The van der Waals surface area contributed by atoms with Gasteiger partial charge in [0, 0.05) is 12.4 Å². The molecule has 57 heavy (non-hydrogen) atoms. The van der Waals surface area contributed by atoms with E-state index in [2.05, 4.69) is 88.1 Å². The Morgan fingerprint density at radius 2 is 0.596 bits per heavy atom. The first-order valence-electron chi connectivity index (χ1n) is 20.2. The summed E-state index contributed by atoms with van der Waals surface area (Å²) in [6.07, 6.45) is 1.76. The van der Waals surface area contributed by atoms with Crippen LogP contribution in [0.4, 0.5) is 0 Å². The number of aryl methyl sites for hydroxylation is 1. The lowest BCUT2D eigenvalue weighted by atomic mass is 9.78. The predicted molar refractivity (Wildman–Crippen MR) is 239 cm³/mol. The van der Waals surface area contributed by atoms with Crippen molar-refractivity contribution in [1.29, 1.82) is 0 Å². The second-order valence-corrected chi connectivity index (χ2v) is 19.7. The molecular formula is C52H71NO4. The molecule has 2 atom stereocenters. The number of aliphatic hydroxyl groups excluding tert-OH is 2. The third-order valence-corrected chi connectivity index (χ3v) is 10.8. The maximum Gasteiger partial charge on any atom is 0.140 e. The van der Waals surface area contributed by atoms with E-state index >= 15 is 0 Å². The van der Waals surface area contributed by atoms with Gasteiger partial charge in [0.05, 0.1) is 12.2 Å². The van der Waals surface area contributed by atoms with E-state index < -0.39 is 23.4 Å². The second kappa shape index (κ2) is 18.2. The van der Waals surface area contributed by atoms with Crippen LogP contribution in [0.2, 0.25) is 0 Å². The maximum atomic E-state index is 11.4. The average Bonchev–Trinajstić information content (AvgIpc) is 3.13. The minimum atomic E-state index is -1.42. The lowest BCUT2D eigenvalue weighted by molar-refractivity contribution is -0.0394. The molecule has 0 saturated carbocycles. The first kappa shape index (κ1) is 47.2. The maximum absolute atomic E-state index is 11.4. The van der Waals surface area contributed by atoms with Crippen LogP contribution in [0, 0.1) is 6.92 Å². The average molecular weight is 774 g/mol. The Balaban J connectivity index is 0.000000260. The van der Waals surface area contributed by atoms with Crippen molar-refractivity contribution in [2.75, 3.05) is 0 Å². The van der Waals surface area contributed by atoms with E-state index in [4.69, 9.17) is 0 Å². The minimum absolute atomic E-state index is 0.0514. The number of hydrogen-bond donors (Lipinski definition) is 4. The number of rotatable bonds is 6. The molecule has 0 saturated heterocycles. The van der Waals surface area contributed by atoms with E-state index in [1.54, 1.807) is 20.0 Å². The highest BCUT2D eigenvalue weighted by Crippen LogP contribution is 2.37. The van der Waals surface area contributed by atoms with E-state index in [1.165, 1.54) is 27.8 Å². The molecule has 0 unspecified atom stereocenters. The highest BCUT2D eigenvalue weighted by atomic mass is 16.3. The molecule has 0 radical (unpaired) electrons. The summed E-state index contributed by atoms with van der Waals surface area (Å²) in [6, 6.07) is 35.6. The number of benzene rings is 4. The molecule has 1 aromatic heterocycles. The predicted octanol–water partition coefficient (Wildman–Crippen LogP) is 11.2. The highest BCUT2D eigenvalue weighted by Gasteiger charge is 2.38. The first-order valence-corrected chi connectivity index (χ1v) is 20.2. The van der Waals surface area contributed by atoms with Gasteiger partial charge in [0.25, 0.3) is 0 Å². The van der Waals surface area contributed by atoms with Crippen molar-refractivity contribution in [2.45, 2.75) is 149 Å². The van der Waals surface area contributed by atoms with Crippen molar-refractivity contribution in [2.24, 2.45) is 0 Å². The summed E-state index contributed by atoms with van der Waals surface area (Å²) in [5.74, 6) is 0. The van der Waals surface area contributed by atoms with Crippen LogP contribution in [0.1, 0.15) is 147 Å². The highest BCUT2D eigenvalue weighted by molar-refractivity contribution is 5.43. The molecule has 0 aliphatic carbocycles. The fourth-order valence-electron chi connectivity index (χ4n) is 6.64. The summed E-state index contributed by atoms with van der Waals surface area (Å²) < 4.78 is 0. The lowest BCUT2D eigenvalue weighted by Gasteiger charge is -2.33. The van der Waals surface area contributed by atoms with E-state index in [-0.39, 0.29) is 21.7 Å². The summed E-state index contributed by atoms with van der Waals surface area (Å²) in [4.78, 5) is 3.88. The Bertz CT molecular complexity index is 1710. The Hall–Kier alpha value is -4.13. The minimum Gasteiger partial charge on any atom is -0.390 e. The van der Waals surface area contributed by atoms with E-state index in [1.807, 2.05) is 122 Å². The van der Waals surface area contributed by atoms with Crippen molar-refractivity contribution in [3.8, 4) is 0 Å². The Labute approximate surface area is 344 Å². The molecule has 5 rings (SSSR count). The smallest absolute Gasteiger partial charge is 0.140 e. The van der Waals surface area contributed by atoms with Gasteiger partial charge in [-0.05, 0) is 98.6 Å². The molecule has 1 heterocycles. The van der Waals surface area contributed by atoms with Crippen LogP contribution in [-0.2, 0) is 32.9 Å². The zero-order chi connectivity index (χ0) is 43.2. The second-order valence-electron chi connectivity index (χ2n) is 19.7. The summed E-state index contributed by atoms with van der Waals surface area (Å²) in [7, 11) is 0. The molecule has 0 fully saturated rings. The number of nitrogens with zero attached hydrogens (tertiary/aromatic N) is 1. The van der Waals surface area contributed by atoms with E-state index in [0.29, 0.717) is 22.3 Å². The quantitative estimate of drug-likeness (QED) is 0.138. The molecule has 0 aliphatic heterocycles. The first-order chi connectivity index (χ1) is 26.1. The molecule has 308 valence electrons. The zero-order valence-electron chi connectivity index (χ0n) is 37.4. The van der Waals surface area contributed by atoms with Gasteiger partial charge in [-0.2, -0.15) is 0 Å². The summed E-state index contributed by atoms with van der Waals surface area (Å²) in [5, 5.41) is 43.5. The molecule has 0 amide bonds. The van der Waals surface area contributed by atoms with Gasteiger partial charge >= 0.3 is 0 Å². The van der Waals surface area contributed by atoms with E-state index in [0.717, 1.165) is 0 Å². The van der Waals surface area contributed by atoms with Crippen LogP contribution in [0.25, 0.3) is 0 Å². The monoisotopic (exact) mass is 774 g/mol. The van der Waals surface area contributed by atoms with Crippen molar-refractivity contribution in [3.05, 3.63) is 172 Å². The molecule has 5 heteroatoms. The van der Waals surface area contributed by atoms with Crippen molar-refractivity contribution in [1.82, 2.24) is 4.98 Å². The van der Waals surface area contributed by atoms with Crippen LogP contribution in [0.15, 0.2) is 122 Å². The third-order valence-electron chi connectivity index (χ3n) is 10.8. The van der Waals surface area contributed by atoms with Crippen LogP contribution in [0.5, 0.6) is 0 Å². The normalized spacial score (nSPS) is 13.7. The van der Waals surface area contributed by atoms with Gasteiger partial charge in [-0.1, -0.05) is 186 Å². The molecule has 0 spiro atoms. The fraction of sp³-hybridized carbons (Fsp3) is 0.442. The molecule has 4 aromatic carbocycles. The van der Waals surface area contributed by atoms with Gasteiger partial charge in [-0.25, -0.2) is 0 Å². The van der Waals surface area contributed by atoms with Gasteiger partial charge in [0.1, 0.15) is 11.2 Å². The number of hydrogen-bond acceptors (Lipinski definition) is 5. The molecule has 0 bridgehead atoms. The van der Waals surface area contributed by atoms with Gasteiger partial charge in [-0.15, -0.1) is 0 Å². The van der Waals surface area contributed by atoms with Crippen LogP contribution in [-0.4, -0.2) is 37.6 Å².